The van der Waals surface area contributed by atoms with Gasteiger partial charge in [-0.15, -0.1) is 0 Å². The zero-order valence-electron chi connectivity index (χ0n) is 9.32. The van der Waals surface area contributed by atoms with Crippen molar-refractivity contribution in [2.24, 2.45) is 0 Å². The van der Waals surface area contributed by atoms with Crippen LogP contribution in [0.3, 0.4) is 0 Å². The maximum absolute atomic E-state index is 10.9. The third-order valence-corrected chi connectivity index (χ3v) is 3.33. The molecular weight excluding hydrogens is 220 g/mol. The number of rotatable bonds is 5. The summed E-state index contributed by atoms with van der Waals surface area (Å²) in [6.07, 6.45) is 3.68. The second-order valence-electron chi connectivity index (χ2n) is 3.81. The number of aromatic nitrogens is 1. The molecule has 0 amide bonds. The smallest absolute Gasteiger partial charge is 0.0499 e. The van der Waals surface area contributed by atoms with Crippen LogP contribution in [0.2, 0.25) is 0 Å². The largest absolute Gasteiger partial charge is 0.361 e. The maximum atomic E-state index is 10.9. The van der Waals surface area contributed by atoms with Gasteiger partial charge in [-0.25, -0.2) is 0 Å². The zero-order chi connectivity index (χ0) is 11.4. The average molecular weight is 236 g/mol. The van der Waals surface area contributed by atoms with Gasteiger partial charge in [-0.3, -0.25) is 4.21 Å². The van der Waals surface area contributed by atoms with E-state index in [0.717, 1.165) is 13.1 Å². The number of aromatic amines is 1. The highest BCUT2D eigenvalue weighted by Crippen LogP contribution is 2.16. The molecule has 0 saturated carbocycles. The van der Waals surface area contributed by atoms with Gasteiger partial charge in [0.15, 0.2) is 0 Å². The normalized spacial score (nSPS) is 13.1. The second-order valence-corrected chi connectivity index (χ2v) is 5.37. The van der Waals surface area contributed by atoms with Crippen molar-refractivity contribution in [1.29, 1.82) is 0 Å². The van der Waals surface area contributed by atoms with Gasteiger partial charge in [-0.2, -0.15) is 0 Å². The van der Waals surface area contributed by atoms with Gasteiger partial charge in [0.05, 0.1) is 0 Å². The first-order valence-corrected chi connectivity index (χ1v) is 7.06. The number of para-hydroxylation sites is 1. The molecule has 2 rings (SSSR count). The molecule has 0 fully saturated rings. The molecule has 16 heavy (non-hydrogen) atoms. The van der Waals surface area contributed by atoms with Crippen LogP contribution in [0.1, 0.15) is 5.56 Å². The van der Waals surface area contributed by atoms with Crippen molar-refractivity contribution < 1.29 is 4.21 Å². The Bertz CT molecular complexity index is 492. The Kier molecular flexibility index (Phi) is 3.74. The van der Waals surface area contributed by atoms with E-state index in [9.17, 15) is 4.21 Å². The molecule has 1 aromatic carbocycles. The Labute approximate surface area is 97.7 Å². The highest BCUT2D eigenvalue weighted by Gasteiger charge is 2.00. The highest BCUT2D eigenvalue weighted by atomic mass is 32.2. The van der Waals surface area contributed by atoms with E-state index in [-0.39, 0.29) is 0 Å². The SMILES string of the molecule is CS(=O)CCNCc1cccc2cc[nH]c12. The van der Waals surface area contributed by atoms with E-state index in [2.05, 4.69) is 34.6 Å². The van der Waals surface area contributed by atoms with Gasteiger partial charge >= 0.3 is 0 Å². The van der Waals surface area contributed by atoms with E-state index in [1.165, 1.54) is 16.5 Å². The van der Waals surface area contributed by atoms with Crippen LogP contribution in [0.4, 0.5) is 0 Å². The van der Waals surface area contributed by atoms with E-state index in [4.69, 9.17) is 0 Å². The topological polar surface area (TPSA) is 44.9 Å². The summed E-state index contributed by atoms with van der Waals surface area (Å²) in [7, 11) is -0.713. The summed E-state index contributed by atoms with van der Waals surface area (Å²) in [5, 5.41) is 4.54. The average Bonchev–Trinajstić information content (AvgIpc) is 2.72. The van der Waals surface area contributed by atoms with E-state index < -0.39 is 10.8 Å². The Hall–Kier alpha value is -1.13. The zero-order valence-corrected chi connectivity index (χ0v) is 10.1. The molecule has 1 atom stereocenters. The molecule has 86 valence electrons. The first-order valence-electron chi connectivity index (χ1n) is 5.33. The third kappa shape index (κ3) is 2.71. The van der Waals surface area contributed by atoms with Gasteiger partial charge in [0, 0.05) is 47.6 Å². The molecule has 3 nitrogen and oxygen atoms in total. The summed E-state index contributed by atoms with van der Waals surface area (Å²) < 4.78 is 10.9. The van der Waals surface area contributed by atoms with E-state index in [1.54, 1.807) is 6.26 Å². The first-order chi connectivity index (χ1) is 7.77. The van der Waals surface area contributed by atoms with E-state index in [0.29, 0.717) is 5.75 Å². The van der Waals surface area contributed by atoms with Crippen molar-refractivity contribution in [3.8, 4) is 0 Å². The lowest BCUT2D eigenvalue weighted by atomic mass is 10.1. The molecule has 0 aliphatic carbocycles. The molecule has 0 spiro atoms. The van der Waals surface area contributed by atoms with Crippen LogP contribution in [0.25, 0.3) is 10.9 Å². The van der Waals surface area contributed by atoms with Gasteiger partial charge in [0.25, 0.3) is 0 Å². The third-order valence-electron chi connectivity index (χ3n) is 2.56. The molecule has 1 aromatic heterocycles. The molecule has 0 aliphatic heterocycles. The quantitative estimate of drug-likeness (QED) is 0.775. The summed E-state index contributed by atoms with van der Waals surface area (Å²) in [4.78, 5) is 3.24. The molecule has 0 radical (unpaired) electrons. The lowest BCUT2D eigenvalue weighted by Gasteiger charge is -2.05. The molecule has 2 N–H and O–H groups in total. The molecule has 1 unspecified atom stereocenters. The van der Waals surface area contributed by atoms with Crippen molar-refractivity contribution in [3.05, 3.63) is 36.0 Å². The van der Waals surface area contributed by atoms with Crippen molar-refractivity contribution >= 4 is 21.7 Å². The Morgan fingerprint density at radius 1 is 1.38 bits per heavy atom. The Morgan fingerprint density at radius 2 is 2.25 bits per heavy atom. The van der Waals surface area contributed by atoms with Crippen LogP contribution >= 0.6 is 0 Å². The minimum absolute atomic E-state index is 0.709. The second kappa shape index (κ2) is 5.27. The van der Waals surface area contributed by atoms with Crippen molar-refractivity contribution in [3.63, 3.8) is 0 Å². The lowest BCUT2D eigenvalue weighted by molar-refractivity contribution is 0.677. The summed E-state index contributed by atoms with van der Waals surface area (Å²) in [6.45, 7) is 1.61. The van der Waals surface area contributed by atoms with Crippen LogP contribution < -0.4 is 5.32 Å². The Balaban J connectivity index is 1.98. The first kappa shape index (κ1) is 11.4. The number of benzene rings is 1. The molecule has 4 heteroatoms. The molecule has 1 heterocycles. The number of nitrogens with one attached hydrogen (secondary N) is 2. The predicted octanol–water partition coefficient (Wildman–Crippen LogP) is 1.64. The number of fused-ring (bicyclic) bond motifs is 1. The van der Waals surface area contributed by atoms with Crippen molar-refractivity contribution in [2.45, 2.75) is 6.54 Å². The van der Waals surface area contributed by atoms with Gasteiger partial charge < -0.3 is 10.3 Å². The van der Waals surface area contributed by atoms with Crippen LogP contribution in [-0.4, -0.2) is 27.7 Å². The van der Waals surface area contributed by atoms with Crippen LogP contribution in [0.5, 0.6) is 0 Å². The van der Waals surface area contributed by atoms with Gasteiger partial charge in [-0.1, -0.05) is 18.2 Å². The molecule has 0 saturated heterocycles. The van der Waals surface area contributed by atoms with Gasteiger partial charge in [0.2, 0.25) is 0 Å². The molecular formula is C12H16N2OS. The van der Waals surface area contributed by atoms with Crippen LogP contribution in [0, 0.1) is 0 Å². The standard InChI is InChI=1S/C12H16N2OS/c1-16(15)8-7-13-9-11-4-2-3-10-5-6-14-12(10)11/h2-6,13-14H,7-9H2,1H3. The maximum Gasteiger partial charge on any atom is 0.0499 e. The fourth-order valence-electron chi connectivity index (χ4n) is 1.74. The van der Waals surface area contributed by atoms with Gasteiger partial charge in [-0.05, 0) is 17.0 Å². The van der Waals surface area contributed by atoms with Crippen LogP contribution in [0.15, 0.2) is 30.5 Å². The van der Waals surface area contributed by atoms with E-state index >= 15 is 0 Å². The van der Waals surface area contributed by atoms with Crippen molar-refractivity contribution in [1.82, 2.24) is 10.3 Å². The molecule has 2 aromatic rings. The van der Waals surface area contributed by atoms with Gasteiger partial charge in [0.1, 0.15) is 0 Å². The molecule has 0 bridgehead atoms. The number of hydrogen-bond acceptors (Lipinski definition) is 2. The van der Waals surface area contributed by atoms with Crippen molar-refractivity contribution in [2.75, 3.05) is 18.6 Å². The predicted molar refractivity (Wildman–Crippen MR) is 68.9 cm³/mol. The monoisotopic (exact) mass is 236 g/mol. The summed E-state index contributed by atoms with van der Waals surface area (Å²) >= 11 is 0. The van der Waals surface area contributed by atoms with E-state index in [1.807, 2.05) is 6.20 Å². The fraction of sp³-hybridized carbons (Fsp3) is 0.333. The number of H-pyrrole nitrogens is 1. The minimum atomic E-state index is -0.713. The summed E-state index contributed by atoms with van der Waals surface area (Å²) in [5.41, 5.74) is 2.44. The minimum Gasteiger partial charge on any atom is -0.361 e. The molecule has 0 aliphatic rings. The summed E-state index contributed by atoms with van der Waals surface area (Å²) in [5.74, 6) is 0.709. The fourth-order valence-corrected chi connectivity index (χ4v) is 2.17. The Morgan fingerprint density at radius 3 is 3.06 bits per heavy atom. The lowest BCUT2D eigenvalue weighted by Crippen LogP contribution is -2.19. The number of hydrogen-bond donors (Lipinski definition) is 2. The highest BCUT2D eigenvalue weighted by molar-refractivity contribution is 7.84. The summed E-state index contributed by atoms with van der Waals surface area (Å²) in [6, 6.07) is 8.33. The van der Waals surface area contributed by atoms with Crippen LogP contribution in [-0.2, 0) is 17.3 Å².